The summed E-state index contributed by atoms with van der Waals surface area (Å²) >= 11 is 0. The summed E-state index contributed by atoms with van der Waals surface area (Å²) in [5.74, 6) is 0.846. The number of allylic oxidation sites excluding steroid dienone is 1. The topological polar surface area (TPSA) is 56.3 Å². The number of aromatic nitrogens is 2. The van der Waals surface area contributed by atoms with Crippen LogP contribution in [0.5, 0.6) is 5.75 Å². The van der Waals surface area contributed by atoms with Crippen molar-refractivity contribution in [1.29, 1.82) is 0 Å². The molecule has 1 aromatic heterocycles. The molecule has 0 aliphatic heterocycles. The summed E-state index contributed by atoms with van der Waals surface area (Å²) in [4.78, 5) is 2.15. The Hall–Kier alpha value is -1.33. The number of nitrogens with zero attached hydrogens (tertiary/aromatic N) is 3. The van der Waals surface area contributed by atoms with Gasteiger partial charge in [0.25, 0.3) is 0 Å². The predicted octanol–water partition coefficient (Wildman–Crippen LogP) is 1.35. The fourth-order valence-electron chi connectivity index (χ4n) is 2.46. The van der Waals surface area contributed by atoms with Crippen molar-refractivity contribution in [1.82, 2.24) is 14.7 Å². The SMILES string of the molecule is COc1cnn(CCN(C)C)c1C1=CC(N)CCC1. The van der Waals surface area contributed by atoms with E-state index < -0.39 is 0 Å². The molecule has 1 heterocycles. The van der Waals surface area contributed by atoms with E-state index in [0.29, 0.717) is 0 Å². The Morgan fingerprint density at radius 2 is 2.32 bits per heavy atom. The van der Waals surface area contributed by atoms with Gasteiger partial charge in [0.2, 0.25) is 0 Å². The molecule has 1 aromatic rings. The zero-order valence-corrected chi connectivity index (χ0v) is 12.1. The Balaban J connectivity index is 2.28. The first-order valence-electron chi connectivity index (χ1n) is 6.83. The maximum absolute atomic E-state index is 6.04. The third-order valence-electron chi connectivity index (χ3n) is 3.49. The average Bonchev–Trinajstić information content (AvgIpc) is 2.79. The number of ether oxygens (including phenoxy) is 1. The molecule has 1 atom stereocenters. The summed E-state index contributed by atoms with van der Waals surface area (Å²) in [6.45, 7) is 1.81. The normalized spacial score (nSPS) is 19.6. The molecule has 2 N–H and O–H groups in total. The van der Waals surface area contributed by atoms with E-state index in [1.165, 1.54) is 5.57 Å². The van der Waals surface area contributed by atoms with Crippen molar-refractivity contribution in [3.63, 3.8) is 0 Å². The van der Waals surface area contributed by atoms with Crippen molar-refractivity contribution in [3.05, 3.63) is 18.0 Å². The van der Waals surface area contributed by atoms with Gasteiger partial charge in [-0.25, -0.2) is 0 Å². The number of nitrogens with two attached hydrogens (primary N) is 1. The lowest BCUT2D eigenvalue weighted by atomic mass is 9.94. The average molecular weight is 264 g/mol. The molecule has 19 heavy (non-hydrogen) atoms. The van der Waals surface area contributed by atoms with Gasteiger partial charge in [-0.1, -0.05) is 6.08 Å². The van der Waals surface area contributed by atoms with Crippen LogP contribution in [-0.2, 0) is 6.54 Å². The van der Waals surface area contributed by atoms with Crippen LogP contribution in [0.15, 0.2) is 12.3 Å². The lowest BCUT2D eigenvalue weighted by molar-refractivity contribution is 0.369. The monoisotopic (exact) mass is 264 g/mol. The molecule has 1 aliphatic rings. The van der Waals surface area contributed by atoms with E-state index in [1.807, 2.05) is 4.68 Å². The fraction of sp³-hybridized carbons (Fsp3) is 0.643. The molecule has 5 heteroatoms. The molecule has 0 bridgehead atoms. The van der Waals surface area contributed by atoms with Gasteiger partial charge in [0, 0.05) is 12.6 Å². The number of hydrogen-bond donors (Lipinski definition) is 1. The Morgan fingerprint density at radius 3 is 2.95 bits per heavy atom. The summed E-state index contributed by atoms with van der Waals surface area (Å²) < 4.78 is 7.47. The number of rotatable bonds is 5. The van der Waals surface area contributed by atoms with E-state index >= 15 is 0 Å². The third-order valence-corrected chi connectivity index (χ3v) is 3.49. The minimum atomic E-state index is 0.158. The van der Waals surface area contributed by atoms with Crippen LogP contribution in [0.4, 0.5) is 0 Å². The van der Waals surface area contributed by atoms with Gasteiger partial charge >= 0.3 is 0 Å². The van der Waals surface area contributed by atoms with Crippen LogP contribution in [0.1, 0.15) is 25.0 Å². The number of hydrogen-bond acceptors (Lipinski definition) is 4. The molecule has 0 fully saturated rings. The highest BCUT2D eigenvalue weighted by Crippen LogP contribution is 2.32. The predicted molar refractivity (Wildman–Crippen MR) is 77.1 cm³/mol. The minimum Gasteiger partial charge on any atom is -0.493 e. The van der Waals surface area contributed by atoms with E-state index in [9.17, 15) is 0 Å². The van der Waals surface area contributed by atoms with E-state index in [2.05, 4.69) is 30.2 Å². The second kappa shape index (κ2) is 6.21. The molecule has 0 saturated carbocycles. The Kier molecular flexibility index (Phi) is 4.61. The van der Waals surface area contributed by atoms with Gasteiger partial charge in [-0.15, -0.1) is 0 Å². The van der Waals surface area contributed by atoms with Crippen molar-refractivity contribution in [2.45, 2.75) is 31.8 Å². The van der Waals surface area contributed by atoms with Gasteiger partial charge in [-0.05, 0) is 38.9 Å². The maximum Gasteiger partial charge on any atom is 0.164 e. The molecule has 0 amide bonds. The number of methoxy groups -OCH3 is 1. The van der Waals surface area contributed by atoms with Gasteiger partial charge in [0.15, 0.2) is 5.75 Å². The van der Waals surface area contributed by atoms with Crippen molar-refractivity contribution < 1.29 is 4.74 Å². The van der Waals surface area contributed by atoms with Crippen LogP contribution >= 0.6 is 0 Å². The molecule has 1 aliphatic carbocycles. The second-order valence-corrected chi connectivity index (χ2v) is 5.34. The highest BCUT2D eigenvalue weighted by Gasteiger charge is 2.19. The summed E-state index contributed by atoms with van der Waals surface area (Å²) in [6, 6.07) is 0.158. The van der Waals surface area contributed by atoms with Crippen LogP contribution in [-0.4, -0.2) is 48.5 Å². The summed E-state index contributed by atoms with van der Waals surface area (Å²) in [6.07, 6.45) is 7.21. The first kappa shape index (κ1) is 14.1. The molecule has 106 valence electrons. The lowest BCUT2D eigenvalue weighted by Gasteiger charge is -2.20. The molecule has 0 spiro atoms. The third kappa shape index (κ3) is 3.36. The Labute approximate surface area is 115 Å². The van der Waals surface area contributed by atoms with E-state index in [0.717, 1.165) is 43.8 Å². The van der Waals surface area contributed by atoms with Crippen molar-refractivity contribution >= 4 is 5.57 Å². The van der Waals surface area contributed by atoms with Crippen molar-refractivity contribution in [3.8, 4) is 5.75 Å². The first-order valence-corrected chi connectivity index (χ1v) is 6.83. The summed E-state index contributed by atoms with van der Waals surface area (Å²) in [7, 11) is 5.83. The summed E-state index contributed by atoms with van der Waals surface area (Å²) in [5.41, 5.74) is 8.41. The highest BCUT2D eigenvalue weighted by atomic mass is 16.5. The Bertz CT molecular complexity index is 450. The standard InChI is InChI=1S/C14H24N4O/c1-17(2)7-8-18-14(13(19-3)10-16-18)11-5-4-6-12(15)9-11/h9-10,12H,4-8,15H2,1-3H3. The molecule has 5 nitrogen and oxygen atoms in total. The van der Waals surface area contributed by atoms with Crippen LogP contribution in [0.2, 0.25) is 0 Å². The maximum atomic E-state index is 6.04. The molecule has 0 radical (unpaired) electrons. The van der Waals surface area contributed by atoms with Crippen molar-refractivity contribution in [2.75, 3.05) is 27.7 Å². The fourth-order valence-corrected chi connectivity index (χ4v) is 2.46. The van der Waals surface area contributed by atoms with Gasteiger partial charge in [-0.3, -0.25) is 4.68 Å². The molecule has 0 saturated heterocycles. The van der Waals surface area contributed by atoms with Gasteiger partial charge in [-0.2, -0.15) is 5.10 Å². The van der Waals surface area contributed by atoms with Crippen LogP contribution in [0, 0.1) is 0 Å². The lowest BCUT2D eigenvalue weighted by Crippen LogP contribution is -2.22. The van der Waals surface area contributed by atoms with Crippen LogP contribution < -0.4 is 10.5 Å². The van der Waals surface area contributed by atoms with Gasteiger partial charge in [0.1, 0.15) is 5.69 Å². The summed E-state index contributed by atoms with van der Waals surface area (Å²) in [5, 5.41) is 4.44. The quantitative estimate of drug-likeness (QED) is 0.872. The van der Waals surface area contributed by atoms with Gasteiger partial charge in [0.05, 0.1) is 19.9 Å². The number of likely N-dealkylation sites (N-methyl/N-ethyl adjacent to an activating group) is 1. The molecule has 2 rings (SSSR count). The van der Waals surface area contributed by atoms with Crippen LogP contribution in [0.25, 0.3) is 5.57 Å². The first-order chi connectivity index (χ1) is 9.11. The zero-order valence-electron chi connectivity index (χ0n) is 12.1. The molecular weight excluding hydrogens is 240 g/mol. The van der Waals surface area contributed by atoms with E-state index in [1.54, 1.807) is 13.3 Å². The molecular formula is C14H24N4O. The zero-order chi connectivity index (χ0) is 13.8. The van der Waals surface area contributed by atoms with Crippen LogP contribution in [0.3, 0.4) is 0 Å². The second-order valence-electron chi connectivity index (χ2n) is 5.34. The van der Waals surface area contributed by atoms with Gasteiger partial charge < -0.3 is 15.4 Å². The largest absolute Gasteiger partial charge is 0.493 e. The smallest absolute Gasteiger partial charge is 0.164 e. The molecule has 0 aromatic carbocycles. The minimum absolute atomic E-state index is 0.158. The van der Waals surface area contributed by atoms with E-state index in [4.69, 9.17) is 10.5 Å². The Morgan fingerprint density at radius 1 is 1.53 bits per heavy atom. The highest BCUT2D eigenvalue weighted by molar-refractivity contribution is 5.69. The van der Waals surface area contributed by atoms with E-state index in [-0.39, 0.29) is 6.04 Å². The van der Waals surface area contributed by atoms with Crippen molar-refractivity contribution in [2.24, 2.45) is 5.73 Å². The molecule has 1 unspecified atom stereocenters.